The first-order valence-corrected chi connectivity index (χ1v) is 5.28. The molecule has 1 N–H and O–H groups in total. The molecule has 2 aromatic carbocycles. The first-order valence-electron chi connectivity index (χ1n) is 5.28. The Balaban J connectivity index is 2.44. The number of phenols is 1. The molecule has 0 aliphatic heterocycles. The molecule has 1 nitrogen and oxygen atoms in total. The third-order valence-electron chi connectivity index (χ3n) is 2.64. The van der Waals surface area contributed by atoms with Gasteiger partial charge in [0.15, 0.2) is 0 Å². The van der Waals surface area contributed by atoms with Crippen molar-refractivity contribution in [3.8, 4) is 16.9 Å². The molecule has 0 bridgehead atoms. The van der Waals surface area contributed by atoms with Crippen LogP contribution in [-0.4, -0.2) is 5.11 Å². The zero-order valence-electron chi connectivity index (χ0n) is 9.07. The van der Waals surface area contributed by atoms with Gasteiger partial charge in [0.05, 0.1) is 0 Å². The minimum absolute atomic E-state index is 0.238. The molecule has 0 atom stereocenters. The number of aryl methyl sites for hydroxylation is 1. The Morgan fingerprint density at radius 3 is 2.25 bits per heavy atom. The van der Waals surface area contributed by atoms with Crippen molar-refractivity contribution in [3.05, 3.63) is 53.8 Å². The molecule has 0 saturated heterocycles. The standard InChI is InChI=1S/C14H13FO/c1-2-10-9-12(5-8-14(10)16)11-3-6-13(15)7-4-11/h3-9,16H,2H2,1H3. The fraction of sp³-hybridized carbons (Fsp3) is 0.143. The van der Waals surface area contributed by atoms with Crippen LogP contribution in [0, 0.1) is 5.82 Å². The lowest BCUT2D eigenvalue weighted by atomic mass is 10.0. The van der Waals surface area contributed by atoms with E-state index in [4.69, 9.17) is 0 Å². The summed E-state index contributed by atoms with van der Waals surface area (Å²) in [6.45, 7) is 1.99. The van der Waals surface area contributed by atoms with Gasteiger partial charge < -0.3 is 5.11 Å². The Morgan fingerprint density at radius 2 is 1.62 bits per heavy atom. The molecule has 0 amide bonds. The number of benzene rings is 2. The predicted molar refractivity (Wildman–Crippen MR) is 62.9 cm³/mol. The van der Waals surface area contributed by atoms with Gasteiger partial charge in [0.1, 0.15) is 11.6 Å². The minimum atomic E-state index is -0.238. The first kappa shape index (κ1) is 10.7. The molecular formula is C14H13FO. The summed E-state index contributed by atoms with van der Waals surface area (Å²) in [6, 6.07) is 11.8. The lowest BCUT2D eigenvalue weighted by Gasteiger charge is -2.06. The second kappa shape index (κ2) is 4.35. The van der Waals surface area contributed by atoms with Crippen molar-refractivity contribution >= 4 is 0 Å². The third-order valence-corrected chi connectivity index (χ3v) is 2.64. The van der Waals surface area contributed by atoms with Gasteiger partial charge in [-0.15, -0.1) is 0 Å². The van der Waals surface area contributed by atoms with Gasteiger partial charge >= 0.3 is 0 Å². The van der Waals surface area contributed by atoms with E-state index in [0.717, 1.165) is 23.1 Å². The van der Waals surface area contributed by atoms with E-state index in [-0.39, 0.29) is 5.82 Å². The minimum Gasteiger partial charge on any atom is -0.508 e. The first-order chi connectivity index (χ1) is 7.70. The van der Waals surface area contributed by atoms with Crippen molar-refractivity contribution in [1.29, 1.82) is 0 Å². The molecule has 16 heavy (non-hydrogen) atoms. The summed E-state index contributed by atoms with van der Waals surface area (Å²) in [5, 5.41) is 9.57. The predicted octanol–water partition coefficient (Wildman–Crippen LogP) is 3.76. The third kappa shape index (κ3) is 2.06. The highest BCUT2D eigenvalue weighted by molar-refractivity contribution is 5.65. The molecule has 82 valence electrons. The van der Waals surface area contributed by atoms with Crippen LogP contribution in [0.4, 0.5) is 4.39 Å². The van der Waals surface area contributed by atoms with E-state index in [0.29, 0.717) is 5.75 Å². The van der Waals surface area contributed by atoms with Crippen molar-refractivity contribution in [3.63, 3.8) is 0 Å². The molecule has 0 aliphatic rings. The highest BCUT2D eigenvalue weighted by Gasteiger charge is 2.03. The van der Waals surface area contributed by atoms with Crippen LogP contribution in [0.3, 0.4) is 0 Å². The molecule has 0 aromatic heterocycles. The summed E-state index contributed by atoms with van der Waals surface area (Å²) in [5.41, 5.74) is 2.85. The normalized spacial score (nSPS) is 10.4. The number of hydrogen-bond donors (Lipinski definition) is 1. The molecule has 2 aromatic rings. The van der Waals surface area contributed by atoms with Gasteiger partial charge in [0, 0.05) is 0 Å². The second-order valence-corrected chi connectivity index (χ2v) is 3.70. The van der Waals surface area contributed by atoms with Gasteiger partial charge in [-0.1, -0.05) is 25.1 Å². The Hall–Kier alpha value is -1.83. The van der Waals surface area contributed by atoms with Crippen LogP contribution in [-0.2, 0) is 6.42 Å². The van der Waals surface area contributed by atoms with Gasteiger partial charge in [0.2, 0.25) is 0 Å². The number of halogens is 1. The Labute approximate surface area is 94.2 Å². The van der Waals surface area contributed by atoms with Gasteiger partial charge in [-0.25, -0.2) is 4.39 Å². The molecule has 0 aliphatic carbocycles. The molecule has 2 rings (SSSR count). The van der Waals surface area contributed by atoms with E-state index in [2.05, 4.69) is 0 Å². The largest absolute Gasteiger partial charge is 0.508 e. The van der Waals surface area contributed by atoms with E-state index in [1.165, 1.54) is 12.1 Å². The van der Waals surface area contributed by atoms with Crippen LogP contribution in [0.25, 0.3) is 11.1 Å². The Bertz CT molecular complexity index is 489. The summed E-state index contributed by atoms with van der Waals surface area (Å²) in [7, 11) is 0. The summed E-state index contributed by atoms with van der Waals surface area (Å²) < 4.78 is 12.8. The molecule has 0 radical (unpaired) electrons. The van der Waals surface area contributed by atoms with Crippen molar-refractivity contribution in [2.45, 2.75) is 13.3 Å². The van der Waals surface area contributed by atoms with Crippen molar-refractivity contribution in [1.82, 2.24) is 0 Å². The van der Waals surface area contributed by atoms with Crippen molar-refractivity contribution < 1.29 is 9.50 Å². The van der Waals surface area contributed by atoms with E-state index in [9.17, 15) is 9.50 Å². The van der Waals surface area contributed by atoms with Crippen LogP contribution in [0.2, 0.25) is 0 Å². The van der Waals surface area contributed by atoms with Crippen LogP contribution in [0.15, 0.2) is 42.5 Å². The van der Waals surface area contributed by atoms with E-state index in [1.54, 1.807) is 18.2 Å². The van der Waals surface area contributed by atoms with Crippen LogP contribution < -0.4 is 0 Å². The fourth-order valence-electron chi connectivity index (χ4n) is 1.69. The molecule has 0 heterocycles. The summed E-state index contributed by atoms with van der Waals surface area (Å²) in [6.07, 6.45) is 0.779. The maximum atomic E-state index is 12.8. The summed E-state index contributed by atoms with van der Waals surface area (Å²) >= 11 is 0. The second-order valence-electron chi connectivity index (χ2n) is 3.70. The lowest BCUT2D eigenvalue weighted by Crippen LogP contribution is -1.84. The van der Waals surface area contributed by atoms with Gasteiger partial charge in [-0.3, -0.25) is 0 Å². The van der Waals surface area contributed by atoms with Crippen molar-refractivity contribution in [2.24, 2.45) is 0 Å². The monoisotopic (exact) mass is 216 g/mol. The highest BCUT2D eigenvalue weighted by Crippen LogP contribution is 2.26. The zero-order valence-corrected chi connectivity index (χ0v) is 9.07. The number of aromatic hydroxyl groups is 1. The number of hydrogen-bond acceptors (Lipinski definition) is 1. The van der Waals surface area contributed by atoms with Crippen LogP contribution in [0.1, 0.15) is 12.5 Å². The molecule has 0 saturated carbocycles. The average molecular weight is 216 g/mol. The molecule has 0 spiro atoms. The molecule has 0 fully saturated rings. The molecule has 2 heteroatoms. The SMILES string of the molecule is CCc1cc(-c2ccc(F)cc2)ccc1O. The zero-order chi connectivity index (χ0) is 11.5. The smallest absolute Gasteiger partial charge is 0.123 e. The van der Waals surface area contributed by atoms with Gasteiger partial charge in [0.25, 0.3) is 0 Å². The van der Waals surface area contributed by atoms with Crippen molar-refractivity contribution in [2.75, 3.05) is 0 Å². The lowest BCUT2D eigenvalue weighted by molar-refractivity contribution is 0.469. The topological polar surface area (TPSA) is 20.2 Å². The Morgan fingerprint density at radius 1 is 1.00 bits per heavy atom. The van der Waals surface area contributed by atoms with E-state index in [1.807, 2.05) is 19.1 Å². The molecular weight excluding hydrogens is 203 g/mol. The summed E-state index contributed by atoms with van der Waals surface area (Å²) in [4.78, 5) is 0. The number of phenolic OH excluding ortho intramolecular Hbond substituents is 1. The quantitative estimate of drug-likeness (QED) is 0.810. The fourth-order valence-corrected chi connectivity index (χ4v) is 1.69. The molecule has 0 unspecified atom stereocenters. The highest BCUT2D eigenvalue weighted by atomic mass is 19.1. The van der Waals surface area contributed by atoms with Gasteiger partial charge in [-0.2, -0.15) is 0 Å². The van der Waals surface area contributed by atoms with Crippen LogP contribution in [0.5, 0.6) is 5.75 Å². The maximum absolute atomic E-state index is 12.8. The van der Waals surface area contributed by atoms with Crippen LogP contribution >= 0.6 is 0 Å². The van der Waals surface area contributed by atoms with E-state index < -0.39 is 0 Å². The maximum Gasteiger partial charge on any atom is 0.123 e. The summed E-state index contributed by atoms with van der Waals surface area (Å²) in [5.74, 6) is 0.0756. The average Bonchev–Trinajstić information content (AvgIpc) is 2.31. The van der Waals surface area contributed by atoms with E-state index >= 15 is 0 Å². The number of rotatable bonds is 2. The van der Waals surface area contributed by atoms with Gasteiger partial charge in [-0.05, 0) is 47.4 Å². The Kier molecular flexibility index (Phi) is 2.91.